The highest BCUT2D eigenvalue weighted by Crippen LogP contribution is 2.41. The highest BCUT2D eigenvalue weighted by molar-refractivity contribution is 9.10. The Morgan fingerprint density at radius 1 is 1.62 bits per heavy atom. The van der Waals surface area contributed by atoms with Crippen LogP contribution in [0, 0.1) is 5.13 Å². The van der Waals surface area contributed by atoms with Crippen LogP contribution in [0.2, 0.25) is 0 Å². The summed E-state index contributed by atoms with van der Waals surface area (Å²) in [6.45, 7) is 3.90. The summed E-state index contributed by atoms with van der Waals surface area (Å²) in [7, 11) is 0. The summed E-state index contributed by atoms with van der Waals surface area (Å²) in [5.41, 5.74) is 0.0590. The maximum Gasteiger partial charge on any atom is 0.240 e. The van der Waals surface area contributed by atoms with Crippen LogP contribution in [0.5, 0.6) is 0 Å². The Bertz CT molecular complexity index is 368. The number of hydrogen-bond donors (Lipinski definition) is 0. The fourth-order valence-electron chi connectivity index (χ4n) is 0.903. The molecule has 13 heavy (non-hydrogen) atoms. The molecule has 2 nitrogen and oxygen atoms in total. The number of hydrogen-bond acceptors (Lipinski definition) is 3. The van der Waals surface area contributed by atoms with Crippen LogP contribution in [-0.2, 0) is 4.79 Å². The average molecular weight is 264 g/mol. The van der Waals surface area contributed by atoms with Gasteiger partial charge >= 0.3 is 0 Å². The molecule has 5 heteroatoms. The lowest BCUT2D eigenvalue weighted by Crippen LogP contribution is -1.80. The van der Waals surface area contributed by atoms with Crippen LogP contribution in [0.1, 0.15) is 24.6 Å². The van der Waals surface area contributed by atoms with Gasteiger partial charge in [-0.3, -0.25) is 0 Å². The lowest BCUT2D eigenvalue weighted by molar-refractivity contribution is 0.564. The van der Waals surface area contributed by atoms with Crippen LogP contribution < -0.4 is 0 Å². The summed E-state index contributed by atoms with van der Waals surface area (Å²) in [6, 6.07) is 0. The number of thiophene rings is 1. The van der Waals surface area contributed by atoms with Gasteiger partial charge in [0, 0.05) is 4.88 Å². The SMILES string of the molecule is CC(C)c1sc(F)c(N=C=O)c1Br. The van der Waals surface area contributed by atoms with E-state index >= 15 is 0 Å². The zero-order chi connectivity index (χ0) is 10.0. The van der Waals surface area contributed by atoms with Gasteiger partial charge in [0.05, 0.1) is 4.47 Å². The largest absolute Gasteiger partial charge is 0.240 e. The van der Waals surface area contributed by atoms with E-state index in [9.17, 15) is 9.18 Å². The van der Waals surface area contributed by atoms with Gasteiger partial charge in [-0.15, -0.1) is 11.3 Å². The van der Waals surface area contributed by atoms with Crippen molar-refractivity contribution in [1.29, 1.82) is 0 Å². The van der Waals surface area contributed by atoms with E-state index in [2.05, 4.69) is 20.9 Å². The van der Waals surface area contributed by atoms with Gasteiger partial charge in [0.2, 0.25) is 11.2 Å². The molecule has 0 saturated heterocycles. The summed E-state index contributed by atoms with van der Waals surface area (Å²) >= 11 is 4.20. The van der Waals surface area contributed by atoms with E-state index < -0.39 is 5.13 Å². The van der Waals surface area contributed by atoms with E-state index in [0.717, 1.165) is 16.2 Å². The van der Waals surface area contributed by atoms with E-state index in [1.54, 1.807) is 0 Å². The van der Waals surface area contributed by atoms with Crippen LogP contribution in [0.4, 0.5) is 10.1 Å². The minimum Gasteiger partial charge on any atom is -0.211 e. The van der Waals surface area contributed by atoms with Crippen molar-refractivity contribution in [2.24, 2.45) is 4.99 Å². The van der Waals surface area contributed by atoms with Gasteiger partial charge in [-0.05, 0) is 21.8 Å². The van der Waals surface area contributed by atoms with Gasteiger partial charge < -0.3 is 0 Å². The molecule has 0 aliphatic rings. The number of nitrogens with zero attached hydrogens (tertiary/aromatic N) is 1. The summed E-state index contributed by atoms with van der Waals surface area (Å²) in [6.07, 6.45) is 1.33. The molecule has 1 rings (SSSR count). The molecule has 1 aromatic rings. The van der Waals surface area contributed by atoms with Crippen molar-refractivity contribution in [3.05, 3.63) is 14.5 Å². The van der Waals surface area contributed by atoms with E-state index in [1.807, 2.05) is 13.8 Å². The summed E-state index contributed by atoms with van der Waals surface area (Å²) in [4.78, 5) is 14.1. The van der Waals surface area contributed by atoms with Crippen molar-refractivity contribution < 1.29 is 9.18 Å². The smallest absolute Gasteiger partial charge is 0.211 e. The Kier molecular flexibility index (Phi) is 3.36. The van der Waals surface area contributed by atoms with Gasteiger partial charge in [-0.2, -0.15) is 9.38 Å². The second-order valence-corrected chi connectivity index (χ2v) is 4.56. The molecule has 70 valence electrons. The third kappa shape index (κ3) is 2.05. The molecule has 0 aromatic carbocycles. The third-order valence-electron chi connectivity index (χ3n) is 1.49. The molecule has 0 amide bonds. The van der Waals surface area contributed by atoms with Crippen molar-refractivity contribution in [3.8, 4) is 0 Å². The predicted octanol–water partition coefficient (Wildman–Crippen LogP) is 3.74. The first-order valence-electron chi connectivity index (χ1n) is 3.63. The lowest BCUT2D eigenvalue weighted by atomic mass is 10.2. The normalized spacial score (nSPS) is 10.2. The highest BCUT2D eigenvalue weighted by Gasteiger charge is 2.17. The minimum atomic E-state index is -0.445. The van der Waals surface area contributed by atoms with E-state index in [4.69, 9.17) is 0 Å². The molecule has 1 aromatic heterocycles. The van der Waals surface area contributed by atoms with Crippen molar-refractivity contribution in [2.45, 2.75) is 19.8 Å². The Morgan fingerprint density at radius 2 is 2.23 bits per heavy atom. The Labute approximate surface area is 87.6 Å². The van der Waals surface area contributed by atoms with Crippen molar-refractivity contribution in [1.82, 2.24) is 0 Å². The second kappa shape index (κ2) is 4.13. The van der Waals surface area contributed by atoms with Crippen LogP contribution in [-0.4, -0.2) is 6.08 Å². The lowest BCUT2D eigenvalue weighted by Gasteiger charge is -1.99. The zero-order valence-electron chi connectivity index (χ0n) is 7.10. The van der Waals surface area contributed by atoms with Gasteiger partial charge in [0.1, 0.15) is 5.69 Å². The summed E-state index contributed by atoms with van der Waals surface area (Å²) in [5, 5.41) is -0.445. The Balaban J connectivity index is 3.30. The number of rotatable bonds is 2. The molecule has 0 N–H and O–H groups in total. The molecule has 0 saturated carbocycles. The predicted molar refractivity (Wildman–Crippen MR) is 53.8 cm³/mol. The van der Waals surface area contributed by atoms with Crippen LogP contribution in [0.25, 0.3) is 0 Å². The summed E-state index contributed by atoms with van der Waals surface area (Å²) in [5.74, 6) is 0.212. The molecule has 0 atom stereocenters. The van der Waals surface area contributed by atoms with Crippen LogP contribution >= 0.6 is 27.3 Å². The maximum absolute atomic E-state index is 13.1. The fraction of sp³-hybridized carbons (Fsp3) is 0.375. The molecule has 1 heterocycles. The monoisotopic (exact) mass is 263 g/mol. The molecular weight excluding hydrogens is 257 g/mol. The number of isocyanates is 1. The van der Waals surface area contributed by atoms with E-state index in [0.29, 0.717) is 4.47 Å². The summed E-state index contributed by atoms with van der Waals surface area (Å²) < 4.78 is 13.7. The van der Waals surface area contributed by atoms with E-state index in [-0.39, 0.29) is 11.6 Å². The van der Waals surface area contributed by atoms with Crippen molar-refractivity contribution in [3.63, 3.8) is 0 Å². The van der Waals surface area contributed by atoms with Crippen molar-refractivity contribution >= 4 is 39.0 Å². The van der Waals surface area contributed by atoms with Gasteiger partial charge in [-0.1, -0.05) is 13.8 Å². The van der Waals surface area contributed by atoms with Crippen molar-refractivity contribution in [2.75, 3.05) is 0 Å². The number of aliphatic imine (C=N–C) groups is 1. The van der Waals surface area contributed by atoms with E-state index in [1.165, 1.54) is 6.08 Å². The van der Waals surface area contributed by atoms with Crippen LogP contribution in [0.3, 0.4) is 0 Å². The second-order valence-electron chi connectivity index (χ2n) is 2.76. The molecule has 0 aliphatic carbocycles. The molecular formula is C8H7BrFNOS. The molecule has 0 fully saturated rings. The first kappa shape index (κ1) is 10.6. The Morgan fingerprint density at radius 3 is 2.62 bits per heavy atom. The number of carbonyl (C=O) groups excluding carboxylic acids is 1. The van der Waals surface area contributed by atoms with Gasteiger partial charge in [-0.25, -0.2) is 4.79 Å². The topological polar surface area (TPSA) is 29.4 Å². The first-order valence-corrected chi connectivity index (χ1v) is 5.24. The average Bonchev–Trinajstić information content (AvgIpc) is 2.32. The quantitative estimate of drug-likeness (QED) is 0.591. The fourth-order valence-corrected chi connectivity index (χ4v) is 2.86. The maximum atomic E-state index is 13.1. The molecule has 0 spiro atoms. The van der Waals surface area contributed by atoms with Gasteiger partial charge in [0.15, 0.2) is 0 Å². The molecule has 0 radical (unpaired) electrons. The van der Waals surface area contributed by atoms with Crippen LogP contribution in [0.15, 0.2) is 9.47 Å². The highest BCUT2D eigenvalue weighted by atomic mass is 79.9. The Hall–Kier alpha value is -0.510. The number of halogens is 2. The zero-order valence-corrected chi connectivity index (χ0v) is 9.50. The standard InChI is InChI=1S/C8H7BrFNOS/c1-4(2)7-5(9)6(11-3-12)8(10)13-7/h4H,1-2H3. The molecule has 0 aliphatic heterocycles. The minimum absolute atomic E-state index is 0.0590. The van der Waals surface area contributed by atoms with Gasteiger partial charge in [0.25, 0.3) is 0 Å². The molecule has 0 bridgehead atoms. The first-order chi connectivity index (χ1) is 6.07. The molecule has 0 unspecified atom stereocenters. The third-order valence-corrected chi connectivity index (χ3v) is 3.82.